The molecular formula is C19H24N4O7S. The van der Waals surface area contributed by atoms with Gasteiger partial charge in [0.2, 0.25) is 0 Å². The molecular weight excluding hydrogens is 428 g/mol. The van der Waals surface area contributed by atoms with E-state index < -0.39 is 16.1 Å². The van der Waals surface area contributed by atoms with Crippen LogP contribution in [0.25, 0.3) is 0 Å². The number of nitrogens with two attached hydrogens (primary N) is 2. The van der Waals surface area contributed by atoms with Gasteiger partial charge in [-0.3, -0.25) is 11.5 Å². The molecule has 3 aromatic rings. The highest BCUT2D eigenvalue weighted by Gasteiger charge is 1.97. The summed E-state index contributed by atoms with van der Waals surface area (Å²) in [6.45, 7) is 2.79. The summed E-state index contributed by atoms with van der Waals surface area (Å²) >= 11 is 0. The summed E-state index contributed by atoms with van der Waals surface area (Å²) in [4.78, 5) is 14.0. The SMILES string of the molecule is CC(=O)[O-].Cc1ccc(S(=O)(=O)[O-])cc1.Nc1ccc(O)c[nH+]1.Nc1ccc(O)c[nH+]1. The summed E-state index contributed by atoms with van der Waals surface area (Å²) in [5.74, 6) is 0.393. The highest BCUT2D eigenvalue weighted by Crippen LogP contribution is 2.08. The fourth-order valence-electron chi connectivity index (χ4n) is 1.56. The van der Waals surface area contributed by atoms with Crippen molar-refractivity contribution in [2.24, 2.45) is 0 Å². The van der Waals surface area contributed by atoms with Crippen LogP contribution in [0.2, 0.25) is 0 Å². The molecule has 0 radical (unpaired) electrons. The number of benzene rings is 1. The smallest absolute Gasteiger partial charge is 0.270 e. The molecule has 0 aliphatic carbocycles. The highest BCUT2D eigenvalue weighted by atomic mass is 32.2. The number of aliphatic carboxylic acids is 1. The molecule has 0 amide bonds. The maximum absolute atomic E-state index is 10.4. The van der Waals surface area contributed by atoms with Gasteiger partial charge in [0.1, 0.15) is 22.5 Å². The molecule has 1 aromatic carbocycles. The van der Waals surface area contributed by atoms with E-state index >= 15 is 0 Å². The van der Waals surface area contributed by atoms with Gasteiger partial charge in [-0.2, -0.15) is 0 Å². The van der Waals surface area contributed by atoms with E-state index in [1.54, 1.807) is 24.3 Å². The Balaban J connectivity index is 0.000000407. The number of hydrogen-bond donors (Lipinski definition) is 4. The summed E-state index contributed by atoms with van der Waals surface area (Å²) in [6.07, 6.45) is 2.85. The predicted octanol–water partition coefficient (Wildman–Crippen LogP) is -0.768. The van der Waals surface area contributed by atoms with Gasteiger partial charge in [0.15, 0.2) is 11.5 Å². The second-order valence-electron chi connectivity index (χ2n) is 5.76. The molecule has 8 N–H and O–H groups in total. The summed E-state index contributed by atoms with van der Waals surface area (Å²) < 4.78 is 31.2. The van der Waals surface area contributed by atoms with Crippen molar-refractivity contribution in [3.63, 3.8) is 0 Å². The molecule has 0 aliphatic heterocycles. The molecule has 31 heavy (non-hydrogen) atoms. The molecule has 2 heterocycles. The number of nitrogen functional groups attached to an aromatic ring is 2. The van der Waals surface area contributed by atoms with Crippen molar-refractivity contribution >= 4 is 27.7 Å². The van der Waals surface area contributed by atoms with E-state index in [-0.39, 0.29) is 16.4 Å². The van der Waals surface area contributed by atoms with Crippen molar-refractivity contribution in [2.45, 2.75) is 18.7 Å². The molecule has 2 aromatic heterocycles. The first kappa shape index (κ1) is 27.1. The van der Waals surface area contributed by atoms with Gasteiger partial charge in [0, 0.05) is 18.1 Å². The Bertz CT molecular complexity index is 935. The van der Waals surface area contributed by atoms with Gasteiger partial charge in [0.25, 0.3) is 11.6 Å². The fraction of sp³-hybridized carbons (Fsp3) is 0.105. The fourth-order valence-corrected chi connectivity index (χ4v) is 2.03. The topological polar surface area (TPSA) is 218 Å². The third-order valence-corrected chi connectivity index (χ3v) is 3.80. The van der Waals surface area contributed by atoms with Crippen LogP contribution in [-0.2, 0) is 14.9 Å². The number of aryl methyl sites for hydroxylation is 1. The number of anilines is 2. The van der Waals surface area contributed by atoms with E-state index in [2.05, 4.69) is 9.97 Å². The average Bonchev–Trinajstić information content (AvgIpc) is 2.67. The second kappa shape index (κ2) is 13.3. The Labute approximate surface area is 179 Å². The van der Waals surface area contributed by atoms with E-state index in [1.807, 2.05) is 6.92 Å². The van der Waals surface area contributed by atoms with Crippen LogP contribution in [0.4, 0.5) is 11.6 Å². The minimum atomic E-state index is -4.27. The standard InChI is InChI=1S/C7H8O3S.2C5H6N2O.C2H4O2/c1-6-2-4-7(5-3-6)11(8,9)10;2*6-5-2-1-4(8)3-7-5;1-2(3)4/h2-5H,1H3,(H,8,9,10);2*1-3,8H,(H2,6,7);1H3,(H,3,4). The number of carbonyl (C=O) groups is 1. The van der Waals surface area contributed by atoms with Gasteiger partial charge in [-0.15, -0.1) is 0 Å². The molecule has 0 saturated heterocycles. The molecule has 3 rings (SSSR count). The van der Waals surface area contributed by atoms with E-state index in [9.17, 15) is 13.0 Å². The van der Waals surface area contributed by atoms with Crippen molar-refractivity contribution in [3.8, 4) is 11.5 Å². The van der Waals surface area contributed by atoms with Crippen LogP contribution < -0.4 is 26.5 Å². The van der Waals surface area contributed by atoms with Gasteiger partial charge in [-0.1, -0.05) is 17.7 Å². The van der Waals surface area contributed by atoms with Gasteiger partial charge in [-0.25, -0.2) is 18.4 Å². The van der Waals surface area contributed by atoms with Crippen LogP contribution in [-0.4, -0.2) is 29.2 Å². The third-order valence-electron chi connectivity index (χ3n) is 2.95. The number of aromatic nitrogens is 2. The second-order valence-corrected chi connectivity index (χ2v) is 7.14. The highest BCUT2D eigenvalue weighted by molar-refractivity contribution is 7.85. The van der Waals surface area contributed by atoms with Crippen molar-refractivity contribution in [1.82, 2.24) is 0 Å². The predicted molar refractivity (Wildman–Crippen MR) is 108 cm³/mol. The van der Waals surface area contributed by atoms with E-state index in [0.29, 0.717) is 11.6 Å². The molecule has 0 atom stereocenters. The van der Waals surface area contributed by atoms with Crippen molar-refractivity contribution < 1.29 is 43.1 Å². The normalized spacial score (nSPS) is 9.52. The molecule has 11 nitrogen and oxygen atoms in total. The zero-order valence-electron chi connectivity index (χ0n) is 16.8. The Kier molecular flexibility index (Phi) is 11.7. The van der Waals surface area contributed by atoms with Gasteiger partial charge < -0.3 is 24.7 Å². The summed E-state index contributed by atoms with van der Waals surface area (Å²) in [7, 11) is -4.27. The van der Waals surface area contributed by atoms with Crippen LogP contribution >= 0.6 is 0 Å². The van der Waals surface area contributed by atoms with Gasteiger partial charge >= 0.3 is 0 Å². The van der Waals surface area contributed by atoms with Gasteiger partial charge in [0.05, 0.1) is 4.90 Å². The molecule has 168 valence electrons. The summed E-state index contributed by atoms with van der Waals surface area (Å²) in [6, 6.07) is 12.0. The number of rotatable bonds is 1. The number of aromatic amines is 2. The largest absolute Gasteiger partial charge is 0.744 e. The van der Waals surface area contributed by atoms with Crippen molar-refractivity contribution in [3.05, 3.63) is 66.5 Å². The minimum absolute atomic E-state index is 0.178. The number of carbonyl (C=O) groups excluding carboxylic acids is 1. The number of H-pyrrole nitrogens is 2. The molecule has 12 heteroatoms. The molecule has 0 bridgehead atoms. The van der Waals surface area contributed by atoms with E-state index in [4.69, 9.17) is 31.6 Å². The number of nitrogens with one attached hydrogen (secondary N) is 2. The Morgan fingerprint density at radius 1 is 0.871 bits per heavy atom. The molecule has 0 saturated carbocycles. The lowest BCUT2D eigenvalue weighted by atomic mass is 10.2. The average molecular weight is 452 g/mol. The zero-order chi connectivity index (χ0) is 24.0. The maximum atomic E-state index is 10.4. The third kappa shape index (κ3) is 14.7. The molecule has 0 fully saturated rings. The Hall–Kier alpha value is -3.90. The van der Waals surface area contributed by atoms with E-state index in [0.717, 1.165) is 12.5 Å². The lowest BCUT2D eigenvalue weighted by Gasteiger charge is -2.05. The van der Waals surface area contributed by atoms with Crippen LogP contribution in [0.15, 0.2) is 65.8 Å². The number of carboxylic acids is 1. The van der Waals surface area contributed by atoms with Crippen LogP contribution in [0.3, 0.4) is 0 Å². The zero-order valence-corrected chi connectivity index (χ0v) is 17.6. The first-order valence-corrected chi connectivity index (χ1v) is 9.84. The first-order chi connectivity index (χ1) is 14.3. The number of carboxylic acid groups (broad SMARTS) is 1. The minimum Gasteiger partial charge on any atom is -0.744 e. The summed E-state index contributed by atoms with van der Waals surface area (Å²) in [5.41, 5.74) is 11.4. The molecule has 0 aliphatic rings. The lowest BCUT2D eigenvalue weighted by molar-refractivity contribution is -0.361. The maximum Gasteiger partial charge on any atom is 0.270 e. The van der Waals surface area contributed by atoms with Crippen LogP contribution in [0.5, 0.6) is 11.5 Å². The Morgan fingerprint density at radius 3 is 1.45 bits per heavy atom. The van der Waals surface area contributed by atoms with Crippen LogP contribution in [0, 0.1) is 6.92 Å². The number of pyridine rings is 2. The lowest BCUT2D eigenvalue weighted by Crippen LogP contribution is -2.16. The first-order valence-electron chi connectivity index (χ1n) is 8.43. The molecule has 0 unspecified atom stereocenters. The number of hydrogen-bond acceptors (Lipinski definition) is 9. The quantitative estimate of drug-likeness (QED) is 0.340. The summed E-state index contributed by atoms with van der Waals surface area (Å²) in [5, 5.41) is 26.2. The Morgan fingerprint density at radius 2 is 1.23 bits per heavy atom. The van der Waals surface area contributed by atoms with E-state index in [1.165, 1.54) is 36.7 Å². The van der Waals surface area contributed by atoms with Gasteiger partial charge in [-0.05, 0) is 38.1 Å². The number of aromatic hydroxyl groups is 2. The van der Waals surface area contributed by atoms with Crippen molar-refractivity contribution in [2.75, 3.05) is 11.5 Å². The molecule has 0 spiro atoms. The monoisotopic (exact) mass is 452 g/mol. The van der Waals surface area contributed by atoms with Crippen molar-refractivity contribution in [1.29, 1.82) is 0 Å². The van der Waals surface area contributed by atoms with Crippen LogP contribution in [0.1, 0.15) is 12.5 Å².